The lowest BCUT2D eigenvalue weighted by Gasteiger charge is -2.33. The molecule has 1 saturated heterocycles. The van der Waals surface area contributed by atoms with Crippen LogP contribution < -0.4 is 10.0 Å². The van der Waals surface area contributed by atoms with Crippen LogP contribution in [-0.2, 0) is 10.0 Å². The Balaban J connectivity index is 1.73. The summed E-state index contributed by atoms with van der Waals surface area (Å²) in [5.74, 6) is 0.960. The van der Waals surface area contributed by atoms with E-state index in [1.165, 1.54) is 44.8 Å². The number of hydrogen-bond donors (Lipinski definition) is 2. The van der Waals surface area contributed by atoms with Crippen LogP contribution in [0, 0.1) is 5.41 Å². The van der Waals surface area contributed by atoms with Gasteiger partial charge < -0.3 is 10.2 Å². The van der Waals surface area contributed by atoms with Crippen molar-refractivity contribution < 1.29 is 8.42 Å². The molecule has 0 atom stereocenters. The van der Waals surface area contributed by atoms with Gasteiger partial charge in [0.25, 0.3) is 0 Å². The second kappa shape index (κ2) is 7.64. The average Bonchev–Trinajstić information content (AvgIpc) is 2.86. The molecule has 1 saturated carbocycles. The molecular formula is C15H30N4O2S. The first-order chi connectivity index (χ1) is 10.4. The molecule has 6 nitrogen and oxygen atoms in total. The molecule has 128 valence electrons. The van der Waals surface area contributed by atoms with Crippen molar-refractivity contribution in [1.82, 2.24) is 14.9 Å². The molecule has 7 heteroatoms. The van der Waals surface area contributed by atoms with Gasteiger partial charge in [0.15, 0.2) is 5.96 Å². The standard InChI is InChI=1S/C15H30N4O2S/c1-16-14(17-10-6-11-18-22(2,20)21)19-12-9-15(13-19)7-4-3-5-8-15/h18H,3-13H2,1-2H3,(H,16,17). The smallest absolute Gasteiger partial charge is 0.208 e. The SMILES string of the molecule is CN=C(NCCCNS(C)(=O)=O)N1CCC2(CCCCC2)C1. The fraction of sp³-hybridized carbons (Fsp3) is 0.933. The maximum atomic E-state index is 11.0. The van der Waals surface area contributed by atoms with Gasteiger partial charge in [0.1, 0.15) is 0 Å². The number of hydrogen-bond acceptors (Lipinski definition) is 3. The average molecular weight is 330 g/mol. The van der Waals surface area contributed by atoms with Gasteiger partial charge in [-0.1, -0.05) is 19.3 Å². The van der Waals surface area contributed by atoms with Gasteiger partial charge in [-0.25, -0.2) is 13.1 Å². The Morgan fingerprint density at radius 2 is 1.91 bits per heavy atom. The Labute approximate surface area is 134 Å². The molecule has 2 rings (SSSR count). The highest BCUT2D eigenvalue weighted by Gasteiger charge is 2.39. The molecule has 2 N–H and O–H groups in total. The molecule has 0 unspecified atom stereocenters. The minimum Gasteiger partial charge on any atom is -0.356 e. The van der Waals surface area contributed by atoms with E-state index in [4.69, 9.17) is 0 Å². The van der Waals surface area contributed by atoms with Crippen LogP contribution in [0.25, 0.3) is 0 Å². The van der Waals surface area contributed by atoms with Crippen molar-refractivity contribution in [3.63, 3.8) is 0 Å². The first-order valence-corrected chi connectivity index (χ1v) is 10.2. The van der Waals surface area contributed by atoms with Gasteiger partial charge in [0.05, 0.1) is 6.26 Å². The van der Waals surface area contributed by atoms with E-state index < -0.39 is 10.0 Å². The van der Waals surface area contributed by atoms with Crippen LogP contribution in [0.1, 0.15) is 44.9 Å². The van der Waals surface area contributed by atoms with Crippen LogP contribution in [-0.4, -0.2) is 58.8 Å². The minimum atomic E-state index is -3.08. The predicted octanol–water partition coefficient (Wildman–Crippen LogP) is 1.16. The van der Waals surface area contributed by atoms with E-state index >= 15 is 0 Å². The summed E-state index contributed by atoms with van der Waals surface area (Å²) < 4.78 is 24.5. The number of likely N-dealkylation sites (tertiary alicyclic amines) is 1. The van der Waals surface area contributed by atoms with Crippen molar-refractivity contribution in [2.24, 2.45) is 10.4 Å². The Morgan fingerprint density at radius 3 is 2.55 bits per heavy atom. The van der Waals surface area contributed by atoms with Gasteiger partial charge in [-0.15, -0.1) is 0 Å². The molecule has 0 aromatic heterocycles. The monoisotopic (exact) mass is 330 g/mol. The quantitative estimate of drug-likeness (QED) is 0.451. The second-order valence-electron chi connectivity index (χ2n) is 6.73. The molecule has 1 aliphatic carbocycles. The van der Waals surface area contributed by atoms with E-state index in [2.05, 4.69) is 19.9 Å². The Kier molecular flexibility index (Phi) is 6.09. The minimum absolute atomic E-state index is 0.465. The first kappa shape index (κ1) is 17.5. The van der Waals surface area contributed by atoms with Gasteiger partial charge in [0.2, 0.25) is 10.0 Å². The summed E-state index contributed by atoms with van der Waals surface area (Å²) in [6, 6.07) is 0. The molecule has 22 heavy (non-hydrogen) atoms. The molecule has 2 fully saturated rings. The maximum Gasteiger partial charge on any atom is 0.208 e. The first-order valence-electron chi connectivity index (χ1n) is 8.34. The zero-order valence-electron chi connectivity index (χ0n) is 13.9. The van der Waals surface area contributed by atoms with Crippen molar-refractivity contribution in [3.05, 3.63) is 0 Å². The van der Waals surface area contributed by atoms with E-state index in [0.29, 0.717) is 12.0 Å². The molecule has 2 aliphatic rings. The van der Waals surface area contributed by atoms with E-state index in [0.717, 1.165) is 32.0 Å². The normalized spacial score (nSPS) is 22.3. The molecule has 0 aromatic rings. The molecule has 1 spiro atoms. The Morgan fingerprint density at radius 1 is 1.18 bits per heavy atom. The summed E-state index contributed by atoms with van der Waals surface area (Å²) in [6.07, 6.45) is 10.1. The maximum absolute atomic E-state index is 11.0. The molecule has 1 heterocycles. The van der Waals surface area contributed by atoms with Crippen LogP contribution in [0.15, 0.2) is 4.99 Å². The number of aliphatic imine (C=N–C) groups is 1. The topological polar surface area (TPSA) is 73.8 Å². The molecule has 0 aromatic carbocycles. The van der Waals surface area contributed by atoms with Gasteiger partial charge >= 0.3 is 0 Å². The van der Waals surface area contributed by atoms with Crippen LogP contribution in [0.3, 0.4) is 0 Å². The summed E-state index contributed by atoms with van der Waals surface area (Å²) in [6.45, 7) is 3.40. The lowest BCUT2D eigenvalue weighted by Crippen LogP contribution is -2.42. The van der Waals surface area contributed by atoms with Crippen molar-refractivity contribution in [3.8, 4) is 0 Å². The van der Waals surface area contributed by atoms with Crippen molar-refractivity contribution in [2.75, 3.05) is 39.5 Å². The van der Waals surface area contributed by atoms with Gasteiger partial charge in [0, 0.05) is 33.2 Å². The van der Waals surface area contributed by atoms with E-state index in [1.54, 1.807) is 0 Å². The van der Waals surface area contributed by atoms with Gasteiger partial charge in [-0.2, -0.15) is 0 Å². The molecular weight excluding hydrogens is 300 g/mol. The van der Waals surface area contributed by atoms with Crippen LogP contribution in [0.5, 0.6) is 0 Å². The second-order valence-corrected chi connectivity index (χ2v) is 8.56. The number of sulfonamides is 1. The Bertz CT molecular complexity index is 484. The zero-order chi connectivity index (χ0) is 16.1. The molecule has 0 amide bonds. The van der Waals surface area contributed by atoms with Crippen LogP contribution in [0.4, 0.5) is 0 Å². The third-order valence-corrected chi connectivity index (χ3v) is 5.59. The highest BCUT2D eigenvalue weighted by Crippen LogP contribution is 2.43. The van der Waals surface area contributed by atoms with Gasteiger partial charge in [-0.3, -0.25) is 4.99 Å². The summed E-state index contributed by atoms with van der Waals surface area (Å²) in [5.41, 5.74) is 0.522. The largest absolute Gasteiger partial charge is 0.356 e. The predicted molar refractivity (Wildman–Crippen MR) is 90.5 cm³/mol. The summed E-state index contributed by atoms with van der Waals surface area (Å²) in [7, 11) is -1.26. The number of guanidine groups is 1. The van der Waals surface area contributed by atoms with Crippen molar-refractivity contribution in [2.45, 2.75) is 44.9 Å². The zero-order valence-corrected chi connectivity index (χ0v) is 14.7. The van der Waals surface area contributed by atoms with E-state index in [9.17, 15) is 8.42 Å². The molecule has 1 aliphatic heterocycles. The molecule has 0 bridgehead atoms. The third-order valence-electron chi connectivity index (χ3n) is 4.86. The highest BCUT2D eigenvalue weighted by molar-refractivity contribution is 7.88. The van der Waals surface area contributed by atoms with Crippen molar-refractivity contribution in [1.29, 1.82) is 0 Å². The molecule has 0 radical (unpaired) electrons. The summed E-state index contributed by atoms with van der Waals surface area (Å²) in [5, 5.41) is 3.36. The lowest BCUT2D eigenvalue weighted by molar-refractivity contribution is 0.203. The summed E-state index contributed by atoms with van der Waals surface area (Å²) in [4.78, 5) is 6.76. The number of nitrogens with zero attached hydrogens (tertiary/aromatic N) is 2. The van der Waals surface area contributed by atoms with Crippen molar-refractivity contribution >= 4 is 16.0 Å². The number of nitrogens with one attached hydrogen (secondary N) is 2. The third kappa shape index (κ3) is 5.12. The van der Waals surface area contributed by atoms with Crippen LogP contribution >= 0.6 is 0 Å². The lowest BCUT2D eigenvalue weighted by atomic mass is 9.73. The fourth-order valence-corrected chi connectivity index (χ4v) is 4.22. The van der Waals surface area contributed by atoms with E-state index in [-0.39, 0.29) is 0 Å². The Hall–Kier alpha value is -0.820. The van der Waals surface area contributed by atoms with Crippen LogP contribution in [0.2, 0.25) is 0 Å². The van der Waals surface area contributed by atoms with E-state index in [1.807, 2.05) is 7.05 Å². The van der Waals surface area contributed by atoms with Gasteiger partial charge in [-0.05, 0) is 31.1 Å². The number of rotatable bonds is 5. The summed E-state index contributed by atoms with van der Waals surface area (Å²) >= 11 is 0. The highest BCUT2D eigenvalue weighted by atomic mass is 32.2. The fourth-order valence-electron chi connectivity index (χ4n) is 3.70.